The van der Waals surface area contributed by atoms with Crippen molar-refractivity contribution >= 4 is 28.4 Å². The number of carbonyl (C=O) groups is 1. The molecule has 0 saturated heterocycles. The number of rotatable bonds is 1. The van der Waals surface area contributed by atoms with Crippen LogP contribution >= 0.6 is 23.2 Å². The minimum absolute atomic E-state index is 0.236. The van der Waals surface area contributed by atoms with Crippen molar-refractivity contribution in [2.45, 2.75) is 26.1 Å². The maximum Gasteiger partial charge on any atom is 0.240 e. The zero-order valence-electron chi connectivity index (χ0n) is 5.74. The van der Waals surface area contributed by atoms with Crippen molar-refractivity contribution in [2.75, 3.05) is 0 Å². The van der Waals surface area contributed by atoms with Crippen molar-refractivity contribution < 1.29 is 4.79 Å². The summed E-state index contributed by atoms with van der Waals surface area (Å²) in [7, 11) is 0. The van der Waals surface area contributed by atoms with Crippen molar-refractivity contribution in [3.8, 4) is 0 Å². The molecule has 3 heteroatoms. The van der Waals surface area contributed by atoms with E-state index >= 15 is 0 Å². The van der Waals surface area contributed by atoms with Gasteiger partial charge in [-0.3, -0.25) is 4.79 Å². The van der Waals surface area contributed by atoms with Gasteiger partial charge in [0.25, 0.3) is 0 Å². The second kappa shape index (κ2) is 2.89. The molecule has 1 unspecified atom stereocenters. The molecule has 0 aliphatic rings. The molecule has 0 fully saturated rings. The summed E-state index contributed by atoms with van der Waals surface area (Å²) in [5, 5.41) is -1.07. The molecule has 0 heterocycles. The Morgan fingerprint density at radius 2 is 1.78 bits per heavy atom. The predicted molar refractivity (Wildman–Crippen MR) is 40.0 cm³/mol. The summed E-state index contributed by atoms with van der Waals surface area (Å²) >= 11 is 10.8. The molecule has 0 aromatic rings. The van der Waals surface area contributed by atoms with E-state index in [9.17, 15) is 4.79 Å². The van der Waals surface area contributed by atoms with Crippen LogP contribution in [0.15, 0.2) is 0 Å². The van der Waals surface area contributed by atoms with E-state index in [0.29, 0.717) is 0 Å². The monoisotopic (exact) mass is 168 g/mol. The molecule has 0 aliphatic carbocycles. The van der Waals surface area contributed by atoms with E-state index in [0.717, 1.165) is 0 Å². The lowest BCUT2D eigenvalue weighted by Crippen LogP contribution is -2.25. The molecule has 0 radical (unpaired) electrons. The van der Waals surface area contributed by atoms with Gasteiger partial charge in [0.2, 0.25) is 5.24 Å². The highest BCUT2D eigenvalue weighted by molar-refractivity contribution is 6.69. The molecule has 0 aliphatic heterocycles. The average molecular weight is 169 g/mol. The Balaban J connectivity index is 4.04. The molecule has 9 heavy (non-hydrogen) atoms. The highest BCUT2D eigenvalue weighted by Crippen LogP contribution is 2.25. The SMILES string of the molecule is CC(C)(C)C(Cl)C(=O)Cl. The lowest BCUT2D eigenvalue weighted by atomic mass is 9.93. The molecule has 1 atom stereocenters. The van der Waals surface area contributed by atoms with E-state index in [1.807, 2.05) is 20.8 Å². The minimum atomic E-state index is -0.584. The Hall–Kier alpha value is 0.250. The summed E-state index contributed by atoms with van der Waals surface area (Å²) in [6.45, 7) is 5.60. The Morgan fingerprint density at radius 3 is 1.78 bits per heavy atom. The van der Waals surface area contributed by atoms with Gasteiger partial charge >= 0.3 is 0 Å². The molecule has 0 rings (SSSR count). The van der Waals surface area contributed by atoms with E-state index in [1.54, 1.807) is 0 Å². The van der Waals surface area contributed by atoms with Crippen LogP contribution in [0.2, 0.25) is 0 Å². The molecule has 0 aromatic carbocycles. The zero-order chi connectivity index (χ0) is 7.65. The maximum absolute atomic E-state index is 10.4. The first-order chi connectivity index (χ1) is 3.85. The molecule has 0 aromatic heterocycles. The number of halogens is 2. The molecule has 0 spiro atoms. The van der Waals surface area contributed by atoms with E-state index < -0.39 is 10.6 Å². The van der Waals surface area contributed by atoms with Gasteiger partial charge in [-0.1, -0.05) is 20.8 Å². The summed E-state index contributed by atoms with van der Waals surface area (Å²) in [6.07, 6.45) is 0. The van der Waals surface area contributed by atoms with Gasteiger partial charge in [0.05, 0.1) is 0 Å². The quantitative estimate of drug-likeness (QED) is 0.435. The van der Waals surface area contributed by atoms with Gasteiger partial charge in [-0.15, -0.1) is 11.6 Å². The van der Waals surface area contributed by atoms with Gasteiger partial charge < -0.3 is 0 Å². The Labute approximate surface area is 65.3 Å². The summed E-state index contributed by atoms with van der Waals surface area (Å²) in [5.74, 6) is 0. The van der Waals surface area contributed by atoms with Crippen LogP contribution in [0.1, 0.15) is 20.8 Å². The third kappa shape index (κ3) is 3.07. The second-order valence-corrected chi connectivity index (χ2v) is 3.84. The molecule has 0 N–H and O–H groups in total. The summed E-state index contributed by atoms with van der Waals surface area (Å²) in [6, 6.07) is 0. The van der Waals surface area contributed by atoms with Crippen molar-refractivity contribution in [3.05, 3.63) is 0 Å². The average Bonchev–Trinajstić information content (AvgIpc) is 1.62. The fraction of sp³-hybridized carbons (Fsp3) is 0.833. The minimum Gasteiger partial charge on any atom is -0.280 e. The third-order valence-electron chi connectivity index (χ3n) is 0.960. The Kier molecular flexibility index (Phi) is 2.97. The number of carbonyl (C=O) groups excluding carboxylic acids is 1. The predicted octanol–water partition coefficient (Wildman–Crippen LogP) is 2.41. The van der Waals surface area contributed by atoms with E-state index in [-0.39, 0.29) is 5.41 Å². The molecule has 1 nitrogen and oxygen atoms in total. The first kappa shape index (κ1) is 9.25. The fourth-order valence-corrected chi connectivity index (χ4v) is 0.668. The van der Waals surface area contributed by atoms with Crippen LogP contribution in [0.4, 0.5) is 0 Å². The lowest BCUT2D eigenvalue weighted by molar-refractivity contribution is -0.112. The molecule has 54 valence electrons. The van der Waals surface area contributed by atoms with Crippen LogP contribution in [-0.2, 0) is 4.79 Å². The third-order valence-corrected chi connectivity index (χ3v) is 2.14. The van der Waals surface area contributed by atoms with Gasteiger partial charge in [-0.2, -0.15) is 0 Å². The highest BCUT2D eigenvalue weighted by atomic mass is 35.5. The van der Waals surface area contributed by atoms with Crippen molar-refractivity contribution in [2.24, 2.45) is 5.41 Å². The lowest BCUT2D eigenvalue weighted by Gasteiger charge is -2.20. The van der Waals surface area contributed by atoms with Crippen LogP contribution in [0.5, 0.6) is 0 Å². The summed E-state index contributed by atoms with van der Waals surface area (Å²) < 4.78 is 0. The fourth-order valence-electron chi connectivity index (χ4n) is 0.340. The molecule has 0 saturated carbocycles. The van der Waals surface area contributed by atoms with Crippen molar-refractivity contribution in [1.29, 1.82) is 0 Å². The van der Waals surface area contributed by atoms with E-state index in [1.165, 1.54) is 0 Å². The van der Waals surface area contributed by atoms with Crippen LogP contribution in [0.3, 0.4) is 0 Å². The Bertz CT molecular complexity index is 115. The zero-order valence-corrected chi connectivity index (χ0v) is 7.25. The highest BCUT2D eigenvalue weighted by Gasteiger charge is 2.27. The first-order valence-corrected chi connectivity index (χ1v) is 3.50. The number of hydrogen-bond donors (Lipinski definition) is 0. The van der Waals surface area contributed by atoms with Crippen LogP contribution in [-0.4, -0.2) is 10.6 Å². The van der Waals surface area contributed by atoms with Crippen molar-refractivity contribution in [3.63, 3.8) is 0 Å². The molecule has 0 amide bonds. The van der Waals surface area contributed by atoms with Crippen molar-refractivity contribution in [1.82, 2.24) is 0 Å². The van der Waals surface area contributed by atoms with Gasteiger partial charge in [0.1, 0.15) is 5.38 Å². The Morgan fingerprint density at radius 1 is 1.44 bits per heavy atom. The van der Waals surface area contributed by atoms with Crippen LogP contribution in [0.25, 0.3) is 0 Å². The van der Waals surface area contributed by atoms with Crippen LogP contribution in [0, 0.1) is 5.41 Å². The maximum atomic E-state index is 10.4. The molecular formula is C6H10Cl2O. The van der Waals surface area contributed by atoms with Gasteiger partial charge in [0.15, 0.2) is 0 Å². The van der Waals surface area contributed by atoms with E-state index in [4.69, 9.17) is 23.2 Å². The van der Waals surface area contributed by atoms with Crippen LogP contribution < -0.4 is 0 Å². The topological polar surface area (TPSA) is 17.1 Å². The normalized spacial score (nSPS) is 15.2. The van der Waals surface area contributed by atoms with Gasteiger partial charge in [-0.25, -0.2) is 0 Å². The summed E-state index contributed by atoms with van der Waals surface area (Å²) in [5.41, 5.74) is -0.236. The number of alkyl halides is 1. The number of hydrogen-bond acceptors (Lipinski definition) is 1. The molecular weight excluding hydrogens is 159 g/mol. The molecule has 0 bridgehead atoms. The van der Waals surface area contributed by atoms with E-state index in [2.05, 4.69) is 0 Å². The second-order valence-electron chi connectivity index (χ2n) is 3.03. The first-order valence-electron chi connectivity index (χ1n) is 2.69. The standard InChI is InChI=1S/C6H10Cl2O/c1-6(2,3)4(7)5(8)9/h4H,1-3H3. The smallest absolute Gasteiger partial charge is 0.240 e. The summed E-state index contributed by atoms with van der Waals surface area (Å²) in [4.78, 5) is 10.4. The van der Waals surface area contributed by atoms with Gasteiger partial charge in [0, 0.05) is 0 Å². The van der Waals surface area contributed by atoms with Gasteiger partial charge in [-0.05, 0) is 17.0 Å². The largest absolute Gasteiger partial charge is 0.280 e.